The maximum absolute atomic E-state index is 11.0. The Labute approximate surface area is 83.7 Å². The quantitative estimate of drug-likeness (QED) is 0.658. The van der Waals surface area contributed by atoms with E-state index in [-0.39, 0.29) is 5.56 Å². The summed E-state index contributed by atoms with van der Waals surface area (Å²) < 4.78 is 10.5. The van der Waals surface area contributed by atoms with Crippen LogP contribution in [0.25, 0.3) is 21.9 Å². The van der Waals surface area contributed by atoms with Crippen molar-refractivity contribution >= 4 is 27.9 Å². The summed E-state index contributed by atoms with van der Waals surface area (Å²) in [6.45, 7) is 0. The molecular weight excluding hydrogens is 196 g/mol. The molecule has 2 aromatic heterocycles. The summed E-state index contributed by atoms with van der Waals surface area (Å²) in [4.78, 5) is 11.0. The number of carbonyl (C=O) groups is 1. The standard InChI is InChI=1S/C11H6O4/c12-11(13)8-5-6-1-3-14-9(6)10-7(8)2-4-15-10/h1-5H,(H,12,13). The van der Waals surface area contributed by atoms with Gasteiger partial charge in [-0.15, -0.1) is 0 Å². The van der Waals surface area contributed by atoms with Crippen LogP contribution >= 0.6 is 0 Å². The number of furan rings is 2. The summed E-state index contributed by atoms with van der Waals surface area (Å²) in [5.41, 5.74) is 1.29. The Morgan fingerprint density at radius 1 is 1.13 bits per heavy atom. The summed E-state index contributed by atoms with van der Waals surface area (Å²) in [5, 5.41) is 10.3. The van der Waals surface area contributed by atoms with Crippen molar-refractivity contribution in [2.75, 3.05) is 0 Å². The lowest BCUT2D eigenvalue weighted by molar-refractivity contribution is 0.0699. The zero-order chi connectivity index (χ0) is 10.4. The Balaban J connectivity index is 2.59. The molecule has 0 aliphatic carbocycles. The molecule has 74 valence electrons. The van der Waals surface area contributed by atoms with E-state index in [9.17, 15) is 4.79 Å². The molecule has 0 amide bonds. The summed E-state index contributed by atoms with van der Waals surface area (Å²) in [5.74, 6) is -0.968. The highest BCUT2D eigenvalue weighted by Crippen LogP contribution is 2.30. The Bertz CT molecular complexity index is 659. The number of fused-ring (bicyclic) bond motifs is 3. The van der Waals surface area contributed by atoms with Crippen LogP contribution in [-0.2, 0) is 0 Å². The third-order valence-corrected chi connectivity index (χ3v) is 2.39. The highest BCUT2D eigenvalue weighted by Gasteiger charge is 2.15. The molecule has 2 heterocycles. The molecule has 0 unspecified atom stereocenters. The van der Waals surface area contributed by atoms with Crippen LogP contribution in [0.5, 0.6) is 0 Å². The summed E-state index contributed by atoms with van der Waals surface area (Å²) in [6, 6.07) is 4.92. The summed E-state index contributed by atoms with van der Waals surface area (Å²) in [6.07, 6.45) is 2.97. The molecule has 0 aliphatic rings. The molecule has 3 rings (SSSR count). The van der Waals surface area contributed by atoms with Crippen molar-refractivity contribution in [1.82, 2.24) is 0 Å². The van der Waals surface area contributed by atoms with Gasteiger partial charge in [-0.2, -0.15) is 0 Å². The second-order valence-corrected chi connectivity index (χ2v) is 3.23. The van der Waals surface area contributed by atoms with Crippen LogP contribution in [0, 0.1) is 0 Å². The molecule has 4 nitrogen and oxygen atoms in total. The number of rotatable bonds is 1. The fraction of sp³-hybridized carbons (Fsp3) is 0. The van der Waals surface area contributed by atoms with E-state index in [1.165, 1.54) is 12.5 Å². The van der Waals surface area contributed by atoms with Gasteiger partial charge in [-0.05, 0) is 18.2 Å². The molecule has 0 spiro atoms. The van der Waals surface area contributed by atoms with Crippen molar-refractivity contribution in [2.24, 2.45) is 0 Å². The number of hydrogen-bond donors (Lipinski definition) is 1. The fourth-order valence-corrected chi connectivity index (χ4v) is 1.72. The molecule has 1 N–H and O–H groups in total. The zero-order valence-corrected chi connectivity index (χ0v) is 7.56. The van der Waals surface area contributed by atoms with Gasteiger partial charge in [0.1, 0.15) is 0 Å². The smallest absolute Gasteiger partial charge is 0.336 e. The Morgan fingerprint density at radius 3 is 2.67 bits per heavy atom. The van der Waals surface area contributed by atoms with Crippen molar-refractivity contribution in [3.63, 3.8) is 0 Å². The Kier molecular flexibility index (Phi) is 1.42. The lowest BCUT2D eigenvalue weighted by Crippen LogP contribution is -1.96. The van der Waals surface area contributed by atoms with Gasteiger partial charge < -0.3 is 13.9 Å². The minimum atomic E-state index is -0.968. The van der Waals surface area contributed by atoms with Gasteiger partial charge in [0.05, 0.1) is 18.1 Å². The maximum Gasteiger partial charge on any atom is 0.336 e. The highest BCUT2D eigenvalue weighted by molar-refractivity contribution is 6.11. The van der Waals surface area contributed by atoms with Crippen molar-refractivity contribution in [2.45, 2.75) is 0 Å². The van der Waals surface area contributed by atoms with Crippen LogP contribution < -0.4 is 0 Å². The van der Waals surface area contributed by atoms with Gasteiger partial charge in [-0.3, -0.25) is 0 Å². The van der Waals surface area contributed by atoms with Crippen LogP contribution in [0.4, 0.5) is 0 Å². The van der Waals surface area contributed by atoms with Crippen LogP contribution in [0.3, 0.4) is 0 Å². The first-order valence-electron chi connectivity index (χ1n) is 4.38. The summed E-state index contributed by atoms with van der Waals surface area (Å²) in [7, 11) is 0. The number of carboxylic acid groups (broad SMARTS) is 1. The molecule has 0 saturated carbocycles. The average Bonchev–Trinajstić information content (AvgIpc) is 2.83. The molecule has 0 fully saturated rings. The molecule has 15 heavy (non-hydrogen) atoms. The number of carboxylic acids is 1. The van der Waals surface area contributed by atoms with E-state index < -0.39 is 5.97 Å². The molecular formula is C11H6O4. The predicted octanol–water partition coefficient (Wildman–Crippen LogP) is 2.88. The van der Waals surface area contributed by atoms with E-state index >= 15 is 0 Å². The van der Waals surface area contributed by atoms with Gasteiger partial charge in [0, 0.05) is 10.8 Å². The fourth-order valence-electron chi connectivity index (χ4n) is 1.72. The Morgan fingerprint density at radius 2 is 1.87 bits per heavy atom. The molecule has 1 aromatic carbocycles. The maximum atomic E-state index is 11.0. The molecule has 0 saturated heterocycles. The van der Waals surface area contributed by atoms with E-state index in [0.29, 0.717) is 16.6 Å². The van der Waals surface area contributed by atoms with Crippen molar-refractivity contribution < 1.29 is 18.7 Å². The van der Waals surface area contributed by atoms with E-state index in [4.69, 9.17) is 13.9 Å². The third-order valence-electron chi connectivity index (χ3n) is 2.39. The summed E-state index contributed by atoms with van der Waals surface area (Å²) >= 11 is 0. The minimum absolute atomic E-state index is 0.229. The molecule has 0 aliphatic heterocycles. The highest BCUT2D eigenvalue weighted by atomic mass is 16.4. The number of hydrogen-bond acceptors (Lipinski definition) is 3. The third kappa shape index (κ3) is 0.985. The van der Waals surface area contributed by atoms with Crippen LogP contribution in [0.15, 0.2) is 39.6 Å². The van der Waals surface area contributed by atoms with Gasteiger partial charge in [-0.25, -0.2) is 4.79 Å². The van der Waals surface area contributed by atoms with Crippen molar-refractivity contribution in [1.29, 1.82) is 0 Å². The second-order valence-electron chi connectivity index (χ2n) is 3.23. The number of aromatic carboxylic acids is 1. The van der Waals surface area contributed by atoms with Gasteiger partial charge in [-0.1, -0.05) is 0 Å². The second kappa shape index (κ2) is 2.63. The number of benzene rings is 1. The van der Waals surface area contributed by atoms with E-state index in [2.05, 4.69) is 0 Å². The van der Waals surface area contributed by atoms with E-state index in [1.54, 1.807) is 18.2 Å². The van der Waals surface area contributed by atoms with Crippen LogP contribution in [0.1, 0.15) is 10.4 Å². The van der Waals surface area contributed by atoms with Gasteiger partial charge in [0.25, 0.3) is 0 Å². The van der Waals surface area contributed by atoms with Crippen molar-refractivity contribution in [3.8, 4) is 0 Å². The molecule has 0 bridgehead atoms. The van der Waals surface area contributed by atoms with Gasteiger partial charge >= 0.3 is 5.97 Å². The first-order chi connectivity index (χ1) is 7.27. The normalized spacial score (nSPS) is 11.2. The monoisotopic (exact) mass is 202 g/mol. The molecule has 0 radical (unpaired) electrons. The van der Waals surface area contributed by atoms with Crippen LogP contribution in [0.2, 0.25) is 0 Å². The average molecular weight is 202 g/mol. The topological polar surface area (TPSA) is 63.6 Å². The van der Waals surface area contributed by atoms with Crippen molar-refractivity contribution in [3.05, 3.63) is 36.3 Å². The molecule has 3 aromatic rings. The van der Waals surface area contributed by atoms with Gasteiger partial charge in [0.15, 0.2) is 11.2 Å². The molecule has 0 atom stereocenters. The predicted molar refractivity (Wildman–Crippen MR) is 52.9 cm³/mol. The lowest BCUT2D eigenvalue weighted by Gasteiger charge is -1.96. The van der Waals surface area contributed by atoms with E-state index in [1.807, 2.05) is 0 Å². The SMILES string of the molecule is O=C(O)c1cc2ccoc2c2occc12. The van der Waals surface area contributed by atoms with Crippen LogP contribution in [-0.4, -0.2) is 11.1 Å². The van der Waals surface area contributed by atoms with Gasteiger partial charge in [0.2, 0.25) is 0 Å². The Hall–Kier alpha value is -2.23. The minimum Gasteiger partial charge on any atom is -0.478 e. The first-order valence-corrected chi connectivity index (χ1v) is 4.38. The lowest BCUT2D eigenvalue weighted by atomic mass is 10.1. The first kappa shape index (κ1) is 8.11. The largest absolute Gasteiger partial charge is 0.478 e. The molecule has 4 heteroatoms. The van der Waals surface area contributed by atoms with E-state index in [0.717, 1.165) is 5.39 Å². The zero-order valence-electron chi connectivity index (χ0n) is 7.56.